The summed E-state index contributed by atoms with van der Waals surface area (Å²) in [4.78, 5) is 1.19. The minimum atomic E-state index is -0.153. The summed E-state index contributed by atoms with van der Waals surface area (Å²) >= 11 is 5.21. The van der Waals surface area contributed by atoms with Crippen LogP contribution in [-0.2, 0) is 0 Å². The molecular weight excluding hydrogens is 313 g/mol. The van der Waals surface area contributed by atoms with Crippen LogP contribution in [0.2, 0.25) is 0 Å². The molecule has 1 heterocycles. The average Bonchev–Trinajstić information content (AvgIpc) is 2.65. The van der Waals surface area contributed by atoms with Gasteiger partial charge in [0.1, 0.15) is 5.82 Å². The van der Waals surface area contributed by atoms with Crippen LogP contribution in [0.15, 0.2) is 28.1 Å². The molecule has 18 heavy (non-hydrogen) atoms. The quantitative estimate of drug-likeness (QED) is 0.870. The Morgan fingerprint density at radius 1 is 1.22 bits per heavy atom. The summed E-state index contributed by atoms with van der Waals surface area (Å²) in [5.41, 5.74) is 2.84. The van der Waals surface area contributed by atoms with Crippen molar-refractivity contribution in [1.82, 2.24) is 5.32 Å². The van der Waals surface area contributed by atoms with Crippen molar-refractivity contribution in [2.75, 3.05) is 7.05 Å². The number of rotatable bonds is 3. The van der Waals surface area contributed by atoms with Gasteiger partial charge in [-0.3, -0.25) is 0 Å². The minimum absolute atomic E-state index is 0.0371. The van der Waals surface area contributed by atoms with E-state index in [9.17, 15) is 4.39 Å². The van der Waals surface area contributed by atoms with Crippen LogP contribution in [0.3, 0.4) is 0 Å². The van der Waals surface area contributed by atoms with Crippen molar-refractivity contribution < 1.29 is 4.39 Å². The zero-order valence-corrected chi connectivity index (χ0v) is 13.0. The first kappa shape index (κ1) is 13.7. The van der Waals surface area contributed by atoms with Gasteiger partial charge in [0.15, 0.2) is 0 Å². The molecule has 1 atom stereocenters. The molecule has 2 rings (SSSR count). The lowest BCUT2D eigenvalue weighted by Crippen LogP contribution is -2.16. The molecule has 0 aliphatic heterocycles. The normalized spacial score (nSPS) is 12.7. The van der Waals surface area contributed by atoms with Gasteiger partial charge in [0.05, 0.1) is 9.83 Å². The molecule has 1 aromatic carbocycles. The van der Waals surface area contributed by atoms with Crippen LogP contribution < -0.4 is 5.32 Å². The van der Waals surface area contributed by atoms with E-state index in [2.05, 4.69) is 34.2 Å². The summed E-state index contributed by atoms with van der Waals surface area (Å²) < 4.78 is 14.8. The van der Waals surface area contributed by atoms with Crippen molar-refractivity contribution in [3.63, 3.8) is 0 Å². The highest BCUT2D eigenvalue weighted by molar-refractivity contribution is 9.11. The third-order valence-corrected chi connectivity index (χ3v) is 5.18. The van der Waals surface area contributed by atoms with Crippen molar-refractivity contribution >= 4 is 27.3 Å². The average molecular weight is 328 g/mol. The van der Waals surface area contributed by atoms with Crippen LogP contribution in [-0.4, -0.2) is 7.05 Å². The number of halogens is 2. The number of hydrogen-bond acceptors (Lipinski definition) is 2. The molecule has 1 unspecified atom stereocenters. The lowest BCUT2D eigenvalue weighted by Gasteiger charge is -2.15. The summed E-state index contributed by atoms with van der Waals surface area (Å²) in [6, 6.07) is 7.58. The van der Waals surface area contributed by atoms with Crippen LogP contribution in [0.1, 0.15) is 27.6 Å². The van der Waals surface area contributed by atoms with Gasteiger partial charge in [-0.1, -0.05) is 12.1 Å². The first-order valence-electron chi connectivity index (χ1n) is 5.72. The van der Waals surface area contributed by atoms with Crippen LogP contribution in [0.4, 0.5) is 4.39 Å². The Labute approximate surface area is 119 Å². The zero-order valence-electron chi connectivity index (χ0n) is 10.6. The molecule has 1 N–H and O–H groups in total. The Bertz CT molecular complexity index is 545. The first-order valence-corrected chi connectivity index (χ1v) is 7.33. The second-order valence-corrected chi connectivity index (χ2v) is 6.74. The Morgan fingerprint density at radius 3 is 2.44 bits per heavy atom. The van der Waals surface area contributed by atoms with Crippen molar-refractivity contribution in [2.24, 2.45) is 0 Å². The maximum absolute atomic E-state index is 13.6. The van der Waals surface area contributed by atoms with Crippen LogP contribution >= 0.6 is 27.3 Å². The lowest BCUT2D eigenvalue weighted by atomic mass is 10.0. The number of nitrogens with one attached hydrogen (secondary N) is 1. The van der Waals surface area contributed by atoms with E-state index in [1.54, 1.807) is 24.3 Å². The van der Waals surface area contributed by atoms with Crippen molar-refractivity contribution in [1.29, 1.82) is 0 Å². The van der Waals surface area contributed by atoms with E-state index in [1.807, 2.05) is 19.2 Å². The fourth-order valence-electron chi connectivity index (χ4n) is 1.89. The fourth-order valence-corrected chi connectivity index (χ4v) is 3.60. The summed E-state index contributed by atoms with van der Waals surface area (Å²) in [6.07, 6.45) is 0. The summed E-state index contributed by atoms with van der Waals surface area (Å²) in [7, 11) is 1.89. The molecule has 4 heteroatoms. The molecule has 0 radical (unpaired) electrons. The highest BCUT2D eigenvalue weighted by Crippen LogP contribution is 2.34. The second-order valence-electron chi connectivity index (χ2n) is 4.34. The molecule has 1 nitrogen and oxygen atoms in total. The van der Waals surface area contributed by atoms with E-state index in [4.69, 9.17) is 0 Å². The second kappa shape index (κ2) is 5.51. The van der Waals surface area contributed by atoms with E-state index < -0.39 is 0 Å². The molecular formula is C14H15BrFNS. The Morgan fingerprint density at radius 2 is 1.94 bits per heavy atom. The number of hydrogen-bond donors (Lipinski definition) is 1. The van der Waals surface area contributed by atoms with Gasteiger partial charge in [0.25, 0.3) is 0 Å². The predicted molar refractivity (Wildman–Crippen MR) is 78.8 cm³/mol. The summed E-state index contributed by atoms with van der Waals surface area (Å²) in [6.45, 7) is 3.84. The molecule has 0 saturated carbocycles. The summed E-state index contributed by atoms with van der Waals surface area (Å²) in [5, 5.41) is 3.24. The third-order valence-electron chi connectivity index (χ3n) is 2.98. The van der Waals surface area contributed by atoms with Crippen molar-refractivity contribution in [2.45, 2.75) is 19.9 Å². The van der Waals surface area contributed by atoms with Gasteiger partial charge in [0.2, 0.25) is 0 Å². The van der Waals surface area contributed by atoms with Gasteiger partial charge in [-0.2, -0.15) is 0 Å². The Balaban J connectivity index is 2.41. The molecule has 0 saturated heterocycles. The Kier molecular flexibility index (Phi) is 4.20. The van der Waals surface area contributed by atoms with Gasteiger partial charge in [-0.25, -0.2) is 4.39 Å². The van der Waals surface area contributed by atoms with Crippen LogP contribution in [0.5, 0.6) is 0 Å². The fraction of sp³-hybridized carbons (Fsp3) is 0.286. The Hall–Kier alpha value is -0.710. The molecule has 0 fully saturated rings. The van der Waals surface area contributed by atoms with E-state index in [1.165, 1.54) is 10.4 Å². The van der Waals surface area contributed by atoms with Gasteiger partial charge in [-0.05, 0) is 65.6 Å². The standard InChI is InChI=1S/C14H15BrFNS/c1-8-4-5-10(7-11(8)16)13(17-3)12-6-9(2)14(15)18-12/h4-7,13,17H,1-3H3. The smallest absolute Gasteiger partial charge is 0.126 e. The molecule has 0 aliphatic rings. The third kappa shape index (κ3) is 2.66. The molecule has 2 aromatic rings. The van der Waals surface area contributed by atoms with Gasteiger partial charge >= 0.3 is 0 Å². The molecule has 1 aromatic heterocycles. The topological polar surface area (TPSA) is 12.0 Å². The molecule has 0 aliphatic carbocycles. The summed E-state index contributed by atoms with van der Waals surface area (Å²) in [5.74, 6) is -0.153. The van der Waals surface area contributed by atoms with E-state index in [-0.39, 0.29) is 11.9 Å². The van der Waals surface area contributed by atoms with Crippen LogP contribution in [0.25, 0.3) is 0 Å². The molecule has 0 amide bonds. The van der Waals surface area contributed by atoms with E-state index >= 15 is 0 Å². The van der Waals surface area contributed by atoms with Crippen LogP contribution in [0, 0.1) is 19.7 Å². The number of aryl methyl sites for hydroxylation is 2. The zero-order chi connectivity index (χ0) is 13.3. The maximum Gasteiger partial charge on any atom is 0.126 e. The lowest BCUT2D eigenvalue weighted by molar-refractivity contribution is 0.609. The van der Waals surface area contributed by atoms with E-state index in [0.29, 0.717) is 5.56 Å². The maximum atomic E-state index is 13.6. The number of benzene rings is 1. The number of thiophene rings is 1. The SMILES string of the molecule is CNC(c1ccc(C)c(F)c1)c1cc(C)c(Br)s1. The first-order chi connectivity index (χ1) is 8.52. The van der Waals surface area contributed by atoms with Crippen molar-refractivity contribution in [3.8, 4) is 0 Å². The van der Waals surface area contributed by atoms with Gasteiger partial charge in [-0.15, -0.1) is 11.3 Å². The van der Waals surface area contributed by atoms with Gasteiger partial charge < -0.3 is 5.32 Å². The molecule has 96 valence electrons. The monoisotopic (exact) mass is 327 g/mol. The highest BCUT2D eigenvalue weighted by Gasteiger charge is 2.16. The van der Waals surface area contributed by atoms with Crippen molar-refractivity contribution in [3.05, 3.63) is 55.4 Å². The molecule has 0 bridgehead atoms. The predicted octanol–water partition coefficient (Wildman–Crippen LogP) is 4.58. The highest BCUT2D eigenvalue weighted by atomic mass is 79.9. The largest absolute Gasteiger partial charge is 0.309 e. The molecule has 0 spiro atoms. The van der Waals surface area contributed by atoms with Gasteiger partial charge in [0, 0.05) is 4.88 Å². The van der Waals surface area contributed by atoms with E-state index in [0.717, 1.165) is 9.35 Å². The minimum Gasteiger partial charge on any atom is -0.309 e.